The monoisotopic (exact) mass is 893 g/mol. The third-order valence-corrected chi connectivity index (χ3v) is 12.4. The van der Waals surface area contributed by atoms with E-state index < -0.39 is 29.4 Å². The topological polar surface area (TPSA) is 174 Å². The van der Waals surface area contributed by atoms with Crippen molar-refractivity contribution in [2.75, 3.05) is 37.0 Å². The average molecular weight is 894 g/mol. The quantitative estimate of drug-likeness (QED) is 0.123. The number of nitrogens with zero attached hydrogens (tertiary/aromatic N) is 6. The van der Waals surface area contributed by atoms with Crippen LogP contribution in [0.1, 0.15) is 58.0 Å². The molecule has 1 atom stereocenters. The zero-order valence-electron chi connectivity index (χ0n) is 36.3. The van der Waals surface area contributed by atoms with E-state index in [0.717, 1.165) is 12.8 Å². The van der Waals surface area contributed by atoms with Crippen molar-refractivity contribution < 1.29 is 32.7 Å². The molecule has 5 aromatic carbocycles. The normalized spacial score (nSPS) is 15.5. The van der Waals surface area contributed by atoms with Gasteiger partial charge in [0.2, 0.25) is 11.8 Å². The van der Waals surface area contributed by atoms with Crippen LogP contribution in [-0.2, 0) is 23.7 Å². The molecule has 336 valence electrons. The molecule has 4 heterocycles. The molecule has 2 aromatic heterocycles. The van der Waals surface area contributed by atoms with Gasteiger partial charge in [0.15, 0.2) is 5.69 Å². The molecule has 2 fully saturated rings. The van der Waals surface area contributed by atoms with E-state index >= 15 is 8.78 Å². The first kappa shape index (κ1) is 43.3. The van der Waals surface area contributed by atoms with Crippen LogP contribution in [0.3, 0.4) is 0 Å². The highest BCUT2D eigenvalue weighted by Gasteiger charge is 2.30. The van der Waals surface area contributed by atoms with Gasteiger partial charge in [0, 0.05) is 57.5 Å². The van der Waals surface area contributed by atoms with Gasteiger partial charge in [0.05, 0.1) is 34.8 Å². The number of hydrogen-bond donors (Lipinski definition) is 3. The number of amides is 4. The molecule has 66 heavy (non-hydrogen) atoms. The number of carbonyl (C=O) groups excluding carboxylic acids is 4. The minimum Gasteiger partial charge on any atom is -0.493 e. The smallest absolute Gasteiger partial charge is 0.350 e. The fraction of sp³-hybridized carbons (Fsp3) is 0.245. The van der Waals surface area contributed by atoms with Gasteiger partial charge in [-0.15, -0.1) is 0 Å². The maximum atomic E-state index is 17.2. The molecule has 3 N–H and O–H groups in total. The molecule has 0 aliphatic carbocycles. The van der Waals surface area contributed by atoms with E-state index in [-0.39, 0.29) is 46.5 Å². The number of ether oxygens (including phenoxy) is 1. The molecule has 7 aromatic rings. The largest absolute Gasteiger partial charge is 0.493 e. The molecule has 17 heteroatoms. The number of hydrogen-bond acceptors (Lipinski definition) is 9. The van der Waals surface area contributed by atoms with E-state index in [1.165, 1.54) is 39.4 Å². The predicted molar refractivity (Wildman–Crippen MR) is 244 cm³/mol. The lowest BCUT2D eigenvalue weighted by Gasteiger charge is -2.34. The van der Waals surface area contributed by atoms with Crippen LogP contribution >= 0.6 is 0 Å². The molecule has 1 unspecified atom stereocenters. The van der Waals surface area contributed by atoms with Crippen molar-refractivity contribution in [1.82, 2.24) is 34.8 Å². The minimum absolute atomic E-state index is 0.00331. The number of piperidine rings is 2. The number of fused-ring (bicyclic) bond motifs is 1. The Kier molecular flexibility index (Phi) is 11.7. The summed E-state index contributed by atoms with van der Waals surface area (Å²) in [6.45, 7) is 1.61. The summed E-state index contributed by atoms with van der Waals surface area (Å²) in [6.07, 6.45) is 3.48. The SMILES string of the molecule is CNC(=O)c1cccc(NC(=O)c2nn(C)c3ccc(-c4ccc(-n5cnn(C)c5=O)cc4-c4cccc(OCC5CCN(c6ccc(C7CCC(=O)NC7=O)cc6F)CC5)c4)c(F)c23)c1. The highest BCUT2D eigenvalue weighted by molar-refractivity contribution is 6.12. The number of nitrogens with one attached hydrogen (secondary N) is 3. The number of halogens is 2. The molecule has 0 radical (unpaired) electrons. The van der Waals surface area contributed by atoms with Gasteiger partial charge in [-0.1, -0.05) is 30.3 Å². The Labute approximate surface area is 377 Å². The standard InChI is InChI=1S/C49H45F2N9O6/c1-52-46(62)31-7-4-8-32(22-31)54-48(64)45-43-41(57(2)56-45)16-13-37(44(43)51)36-12-11-33(60-27-53-58(3)49(60)65)25-38(36)29-6-5-9-34(23-29)66-26-28-18-20-59(21-19-28)40-15-10-30(24-39(40)50)35-14-17-42(61)55-47(35)63/h4-13,15-16,22-25,27-28,35H,14,17-21,26H2,1-3H3,(H,52,62)(H,54,64)(H,55,61,63). The van der Waals surface area contributed by atoms with Crippen LogP contribution in [0.15, 0.2) is 108 Å². The first-order chi connectivity index (χ1) is 31.9. The van der Waals surface area contributed by atoms with Crippen LogP contribution in [0, 0.1) is 17.6 Å². The van der Waals surface area contributed by atoms with Crippen LogP contribution in [0.2, 0.25) is 0 Å². The number of aromatic nitrogens is 5. The van der Waals surface area contributed by atoms with E-state index in [9.17, 15) is 24.0 Å². The second-order valence-corrected chi connectivity index (χ2v) is 16.5. The summed E-state index contributed by atoms with van der Waals surface area (Å²) < 4.78 is 43.0. The minimum atomic E-state index is -0.679. The average Bonchev–Trinajstić information content (AvgIpc) is 3.85. The predicted octanol–water partition coefficient (Wildman–Crippen LogP) is 6.50. The van der Waals surface area contributed by atoms with Crippen molar-refractivity contribution >= 4 is 45.9 Å². The van der Waals surface area contributed by atoms with Crippen LogP contribution in [0.4, 0.5) is 20.2 Å². The van der Waals surface area contributed by atoms with Crippen molar-refractivity contribution in [3.63, 3.8) is 0 Å². The number of rotatable bonds is 11. The van der Waals surface area contributed by atoms with Crippen LogP contribution in [0.5, 0.6) is 5.75 Å². The highest BCUT2D eigenvalue weighted by Crippen LogP contribution is 2.39. The molecule has 0 spiro atoms. The van der Waals surface area contributed by atoms with E-state index in [1.54, 1.807) is 74.8 Å². The molecule has 2 aliphatic rings. The zero-order valence-corrected chi connectivity index (χ0v) is 36.3. The summed E-state index contributed by atoms with van der Waals surface area (Å²) in [6, 6.07) is 27.2. The van der Waals surface area contributed by atoms with Crippen molar-refractivity contribution in [2.24, 2.45) is 20.0 Å². The molecule has 0 saturated carbocycles. The number of benzene rings is 5. The van der Waals surface area contributed by atoms with E-state index in [1.807, 2.05) is 29.2 Å². The first-order valence-electron chi connectivity index (χ1n) is 21.5. The van der Waals surface area contributed by atoms with Gasteiger partial charge in [0.25, 0.3) is 11.8 Å². The Morgan fingerprint density at radius 3 is 2.36 bits per heavy atom. The van der Waals surface area contributed by atoms with Crippen molar-refractivity contribution in [3.05, 3.63) is 142 Å². The van der Waals surface area contributed by atoms with Gasteiger partial charge < -0.3 is 20.3 Å². The second kappa shape index (κ2) is 17.9. The molecule has 0 bridgehead atoms. The lowest BCUT2D eigenvalue weighted by atomic mass is 9.90. The van der Waals surface area contributed by atoms with E-state index in [0.29, 0.717) is 82.3 Å². The summed E-state index contributed by atoms with van der Waals surface area (Å²) in [5.41, 5.74) is 3.95. The van der Waals surface area contributed by atoms with E-state index in [2.05, 4.69) is 26.1 Å². The van der Waals surface area contributed by atoms with Gasteiger partial charge in [-0.25, -0.2) is 22.8 Å². The summed E-state index contributed by atoms with van der Waals surface area (Å²) >= 11 is 0. The van der Waals surface area contributed by atoms with Crippen molar-refractivity contribution in [2.45, 2.75) is 31.6 Å². The summed E-state index contributed by atoms with van der Waals surface area (Å²) in [7, 11) is 4.67. The van der Waals surface area contributed by atoms with Gasteiger partial charge in [-0.3, -0.25) is 29.2 Å². The summed E-state index contributed by atoms with van der Waals surface area (Å²) in [5.74, 6) is -2.61. The molecule has 4 amide bonds. The lowest BCUT2D eigenvalue weighted by molar-refractivity contribution is -0.134. The molecular weight excluding hydrogens is 849 g/mol. The number of aryl methyl sites for hydroxylation is 2. The van der Waals surface area contributed by atoms with Crippen LogP contribution in [0.25, 0.3) is 38.8 Å². The van der Waals surface area contributed by atoms with Gasteiger partial charge >= 0.3 is 5.69 Å². The molecule has 9 rings (SSSR count). The fourth-order valence-corrected chi connectivity index (χ4v) is 8.79. The van der Waals surface area contributed by atoms with Gasteiger partial charge in [-0.2, -0.15) is 10.2 Å². The Bertz CT molecular complexity index is 3130. The van der Waals surface area contributed by atoms with Crippen molar-refractivity contribution in [3.8, 4) is 33.7 Å². The van der Waals surface area contributed by atoms with Crippen LogP contribution < -0.4 is 31.3 Å². The van der Waals surface area contributed by atoms with E-state index in [4.69, 9.17) is 4.74 Å². The lowest BCUT2D eigenvalue weighted by Crippen LogP contribution is -2.39. The first-order valence-corrected chi connectivity index (χ1v) is 21.5. The second-order valence-electron chi connectivity index (χ2n) is 16.5. The van der Waals surface area contributed by atoms with Crippen molar-refractivity contribution in [1.29, 1.82) is 0 Å². The molecule has 2 aliphatic heterocycles. The zero-order chi connectivity index (χ0) is 46.2. The summed E-state index contributed by atoms with van der Waals surface area (Å²) in [4.78, 5) is 65.0. The number of carbonyl (C=O) groups is 4. The third-order valence-electron chi connectivity index (χ3n) is 12.4. The van der Waals surface area contributed by atoms with Crippen LogP contribution in [-0.4, -0.2) is 74.5 Å². The fourth-order valence-electron chi connectivity index (χ4n) is 8.79. The number of imide groups is 1. The maximum absolute atomic E-state index is 17.2. The van der Waals surface area contributed by atoms with Gasteiger partial charge in [-0.05, 0) is 114 Å². The summed E-state index contributed by atoms with van der Waals surface area (Å²) in [5, 5.41) is 16.2. The maximum Gasteiger partial charge on any atom is 0.350 e. The highest BCUT2D eigenvalue weighted by atomic mass is 19.1. The molecular formula is C49H45F2N9O6. The number of anilines is 2. The third kappa shape index (κ3) is 8.42. The Morgan fingerprint density at radius 2 is 1.62 bits per heavy atom. The Morgan fingerprint density at radius 1 is 0.833 bits per heavy atom. The Hall–Kier alpha value is -7.95. The molecule has 2 saturated heterocycles. The van der Waals surface area contributed by atoms with Gasteiger partial charge in [0.1, 0.15) is 23.7 Å². The molecule has 15 nitrogen and oxygen atoms in total. The Balaban J connectivity index is 0.967.